The van der Waals surface area contributed by atoms with Crippen molar-refractivity contribution < 1.29 is 18.7 Å². The number of rotatable bonds is 8. The molecule has 2 aromatic carbocycles. The normalized spacial score (nSPS) is 16.7. The Morgan fingerprint density at radius 2 is 1.88 bits per heavy atom. The number of aryl methyl sites for hydroxylation is 2. The minimum atomic E-state index is -0.549. The Morgan fingerprint density at radius 3 is 2.53 bits per heavy atom. The van der Waals surface area contributed by atoms with E-state index in [0.717, 1.165) is 24.0 Å². The zero-order valence-corrected chi connectivity index (χ0v) is 19.5. The number of hydrogen-bond acceptors (Lipinski definition) is 3. The number of ketones is 1. The van der Waals surface area contributed by atoms with Crippen LogP contribution in [0, 0.1) is 11.7 Å². The van der Waals surface area contributed by atoms with E-state index in [0.29, 0.717) is 19.3 Å². The van der Waals surface area contributed by atoms with Gasteiger partial charge in [0.25, 0.3) is 0 Å². The summed E-state index contributed by atoms with van der Waals surface area (Å²) in [5, 5.41) is 0. The van der Waals surface area contributed by atoms with Crippen LogP contribution in [-0.4, -0.2) is 17.4 Å². The van der Waals surface area contributed by atoms with Gasteiger partial charge in [-0.05, 0) is 92.8 Å². The van der Waals surface area contributed by atoms with Crippen LogP contribution in [0.4, 0.5) is 4.39 Å². The van der Waals surface area contributed by atoms with E-state index in [1.165, 1.54) is 23.3 Å². The zero-order valence-electron chi connectivity index (χ0n) is 19.5. The Hall–Kier alpha value is -2.75. The lowest BCUT2D eigenvalue weighted by Gasteiger charge is -2.28. The van der Waals surface area contributed by atoms with Crippen molar-refractivity contribution in [1.29, 1.82) is 0 Å². The first-order valence-electron chi connectivity index (χ1n) is 11.5. The molecule has 0 heterocycles. The van der Waals surface area contributed by atoms with E-state index in [4.69, 9.17) is 4.74 Å². The largest absolute Gasteiger partial charge is 0.460 e. The van der Waals surface area contributed by atoms with E-state index in [1.807, 2.05) is 39.8 Å². The molecule has 3 rings (SSSR count). The molecule has 0 aromatic heterocycles. The Labute approximate surface area is 190 Å². The molecule has 1 aliphatic rings. The van der Waals surface area contributed by atoms with E-state index in [-0.39, 0.29) is 29.4 Å². The predicted molar refractivity (Wildman–Crippen MR) is 126 cm³/mol. The van der Waals surface area contributed by atoms with Gasteiger partial charge in [-0.1, -0.05) is 43.3 Å². The number of fused-ring (bicyclic) bond motifs is 1. The summed E-state index contributed by atoms with van der Waals surface area (Å²) < 4.78 is 19.1. The van der Waals surface area contributed by atoms with E-state index >= 15 is 0 Å². The van der Waals surface area contributed by atoms with Crippen LogP contribution in [0.15, 0.2) is 48.5 Å². The highest BCUT2D eigenvalue weighted by Crippen LogP contribution is 2.41. The predicted octanol–water partition coefficient (Wildman–Crippen LogP) is 6.44. The smallest absolute Gasteiger partial charge is 0.310 e. The molecule has 0 aliphatic heterocycles. The van der Waals surface area contributed by atoms with Crippen molar-refractivity contribution >= 4 is 17.8 Å². The van der Waals surface area contributed by atoms with Crippen molar-refractivity contribution in [3.8, 4) is 0 Å². The third-order valence-electron chi connectivity index (χ3n) is 5.95. The number of esters is 1. The molecular formula is C28H33FO3. The van der Waals surface area contributed by atoms with Crippen LogP contribution in [0.3, 0.4) is 0 Å². The van der Waals surface area contributed by atoms with Crippen molar-refractivity contribution in [3.63, 3.8) is 0 Å². The third kappa shape index (κ3) is 6.38. The van der Waals surface area contributed by atoms with Crippen LogP contribution in [0.1, 0.15) is 75.1 Å². The molecule has 0 spiro atoms. The zero-order chi connectivity index (χ0) is 23.3. The van der Waals surface area contributed by atoms with Crippen molar-refractivity contribution in [1.82, 2.24) is 0 Å². The Morgan fingerprint density at radius 1 is 1.16 bits per heavy atom. The van der Waals surface area contributed by atoms with Gasteiger partial charge in [0, 0.05) is 6.42 Å². The first-order valence-corrected chi connectivity index (χ1v) is 11.5. The number of ether oxygens (including phenoxy) is 1. The van der Waals surface area contributed by atoms with E-state index in [9.17, 15) is 14.0 Å². The summed E-state index contributed by atoms with van der Waals surface area (Å²) in [7, 11) is 0. The highest BCUT2D eigenvalue weighted by molar-refractivity contribution is 5.93. The minimum Gasteiger partial charge on any atom is -0.460 e. The molecule has 0 fully saturated rings. The number of hydrogen-bond donors (Lipinski definition) is 0. The molecule has 0 N–H and O–H groups in total. The summed E-state index contributed by atoms with van der Waals surface area (Å²) in [6, 6.07) is 12.7. The lowest BCUT2D eigenvalue weighted by atomic mass is 9.83. The third-order valence-corrected chi connectivity index (χ3v) is 5.95. The summed E-state index contributed by atoms with van der Waals surface area (Å²) in [5.74, 6) is -0.490. The molecule has 170 valence electrons. The van der Waals surface area contributed by atoms with Crippen molar-refractivity contribution in [3.05, 3.63) is 76.6 Å². The highest BCUT2D eigenvalue weighted by Gasteiger charge is 2.36. The quantitative estimate of drug-likeness (QED) is 0.353. The lowest BCUT2D eigenvalue weighted by molar-refractivity contribution is -0.161. The lowest BCUT2D eigenvalue weighted by Crippen LogP contribution is -2.31. The summed E-state index contributed by atoms with van der Waals surface area (Å²) in [6.45, 7) is 7.52. The molecule has 0 radical (unpaired) electrons. The van der Waals surface area contributed by atoms with Gasteiger partial charge in [-0.15, -0.1) is 0 Å². The SMILES string of the molecule is CCC(=O)/C=C/c1ccc2c(c1)CCC2C(CCc1ccc(F)cc1)C(=O)OC(C)(C)C. The van der Waals surface area contributed by atoms with Crippen molar-refractivity contribution in [2.24, 2.45) is 5.92 Å². The van der Waals surface area contributed by atoms with Gasteiger partial charge in [0.15, 0.2) is 5.78 Å². The maximum absolute atomic E-state index is 13.3. The van der Waals surface area contributed by atoms with Gasteiger partial charge in [-0.25, -0.2) is 4.39 Å². The van der Waals surface area contributed by atoms with Crippen LogP contribution in [-0.2, 0) is 27.2 Å². The Kier molecular flexibility index (Phi) is 7.65. The molecule has 32 heavy (non-hydrogen) atoms. The van der Waals surface area contributed by atoms with E-state index in [2.05, 4.69) is 12.1 Å². The summed E-state index contributed by atoms with van der Waals surface area (Å²) in [5.41, 5.74) is 3.90. The second-order valence-corrected chi connectivity index (χ2v) is 9.56. The second-order valence-electron chi connectivity index (χ2n) is 9.56. The molecule has 0 bridgehead atoms. The average Bonchev–Trinajstić information content (AvgIpc) is 3.15. The monoisotopic (exact) mass is 436 g/mol. The Bertz CT molecular complexity index is 983. The highest BCUT2D eigenvalue weighted by atomic mass is 19.1. The first-order chi connectivity index (χ1) is 15.2. The Balaban J connectivity index is 1.82. The second kappa shape index (κ2) is 10.2. The van der Waals surface area contributed by atoms with Gasteiger partial charge in [0.2, 0.25) is 0 Å². The van der Waals surface area contributed by atoms with Gasteiger partial charge in [-0.3, -0.25) is 9.59 Å². The standard InChI is InChI=1S/C28H33FO3/c1-5-23(30)14-8-20-10-15-24-21(18-20)11-17-25(24)26(27(31)32-28(2,3)4)16-9-19-6-12-22(29)13-7-19/h6-8,10,12-15,18,25-26H,5,9,11,16-17H2,1-4H3/b14-8+. The first kappa shape index (κ1) is 23.9. The van der Waals surface area contributed by atoms with Crippen molar-refractivity contribution in [2.45, 2.75) is 71.3 Å². The number of carbonyl (C=O) groups is 2. The minimum absolute atomic E-state index is 0.0931. The number of carbonyl (C=O) groups excluding carboxylic acids is 2. The molecule has 0 saturated heterocycles. The molecule has 4 heteroatoms. The van der Waals surface area contributed by atoms with Crippen LogP contribution in [0.2, 0.25) is 0 Å². The molecule has 3 nitrogen and oxygen atoms in total. The maximum atomic E-state index is 13.3. The molecule has 2 aromatic rings. The molecule has 2 unspecified atom stereocenters. The van der Waals surface area contributed by atoms with Gasteiger partial charge in [-0.2, -0.15) is 0 Å². The number of benzene rings is 2. The average molecular weight is 437 g/mol. The molecule has 0 saturated carbocycles. The van der Waals surface area contributed by atoms with Crippen molar-refractivity contribution in [2.75, 3.05) is 0 Å². The van der Waals surface area contributed by atoms with E-state index in [1.54, 1.807) is 18.2 Å². The molecule has 1 aliphatic carbocycles. The molecule has 0 amide bonds. The van der Waals surface area contributed by atoms with Crippen LogP contribution in [0.5, 0.6) is 0 Å². The van der Waals surface area contributed by atoms with E-state index < -0.39 is 5.60 Å². The van der Waals surface area contributed by atoms with Gasteiger partial charge < -0.3 is 4.74 Å². The fraction of sp³-hybridized carbons (Fsp3) is 0.429. The van der Waals surface area contributed by atoms with Gasteiger partial charge in [0.05, 0.1) is 5.92 Å². The fourth-order valence-electron chi connectivity index (χ4n) is 4.33. The fourth-order valence-corrected chi connectivity index (χ4v) is 4.33. The molecular weight excluding hydrogens is 403 g/mol. The maximum Gasteiger partial charge on any atom is 0.310 e. The van der Waals surface area contributed by atoms with Gasteiger partial charge >= 0.3 is 5.97 Å². The van der Waals surface area contributed by atoms with Crippen LogP contribution < -0.4 is 0 Å². The van der Waals surface area contributed by atoms with Crippen LogP contribution in [0.25, 0.3) is 6.08 Å². The molecule has 2 atom stereocenters. The summed E-state index contributed by atoms with van der Waals surface area (Å²) in [4.78, 5) is 24.8. The summed E-state index contributed by atoms with van der Waals surface area (Å²) >= 11 is 0. The number of halogens is 1. The van der Waals surface area contributed by atoms with Crippen LogP contribution >= 0.6 is 0 Å². The van der Waals surface area contributed by atoms with Gasteiger partial charge in [0.1, 0.15) is 11.4 Å². The topological polar surface area (TPSA) is 43.4 Å². The number of allylic oxidation sites excluding steroid dienone is 1. The summed E-state index contributed by atoms with van der Waals surface area (Å²) in [6.07, 6.45) is 7.12.